The molecule has 2 aromatic carbocycles. The summed E-state index contributed by atoms with van der Waals surface area (Å²) in [6.45, 7) is 3.85. The van der Waals surface area contributed by atoms with Gasteiger partial charge < -0.3 is 9.73 Å². The van der Waals surface area contributed by atoms with Gasteiger partial charge in [0.15, 0.2) is 5.58 Å². The lowest BCUT2D eigenvalue weighted by Gasteiger charge is -2.18. The molecular weight excluding hydrogens is 418 g/mol. The maximum atomic E-state index is 12.7. The molecule has 0 saturated heterocycles. The minimum Gasteiger partial charge on any atom is -0.408 e. The van der Waals surface area contributed by atoms with Crippen molar-refractivity contribution in [3.8, 4) is 0 Å². The molecule has 1 aromatic heterocycles. The van der Waals surface area contributed by atoms with Gasteiger partial charge in [0, 0.05) is 29.9 Å². The number of hydrogen-bond acceptors (Lipinski definition) is 5. The van der Waals surface area contributed by atoms with Gasteiger partial charge in [0.25, 0.3) is 0 Å². The second-order valence-corrected chi connectivity index (χ2v) is 8.61. The maximum absolute atomic E-state index is 12.7. The van der Waals surface area contributed by atoms with Crippen molar-refractivity contribution in [1.82, 2.24) is 8.87 Å². The number of oxazole rings is 1. The third kappa shape index (κ3) is 4.36. The van der Waals surface area contributed by atoms with Gasteiger partial charge in [0.05, 0.1) is 10.4 Å². The van der Waals surface area contributed by atoms with Gasteiger partial charge in [-0.15, -0.1) is 0 Å². The Hall–Kier alpha value is -2.62. The van der Waals surface area contributed by atoms with E-state index in [0.29, 0.717) is 29.3 Å². The van der Waals surface area contributed by atoms with Crippen LogP contribution in [0.3, 0.4) is 0 Å². The molecule has 0 aliphatic heterocycles. The molecule has 1 N–H and O–H groups in total. The van der Waals surface area contributed by atoms with E-state index in [2.05, 4.69) is 5.32 Å². The summed E-state index contributed by atoms with van der Waals surface area (Å²) < 4.78 is 33.0. The van der Waals surface area contributed by atoms with Gasteiger partial charge in [0.1, 0.15) is 6.54 Å². The fourth-order valence-corrected chi connectivity index (χ4v) is 4.64. The fraction of sp³-hybridized carbons (Fsp3) is 0.263. The summed E-state index contributed by atoms with van der Waals surface area (Å²) in [5, 5.41) is 3.12. The van der Waals surface area contributed by atoms with E-state index in [4.69, 9.17) is 16.0 Å². The Morgan fingerprint density at radius 3 is 2.55 bits per heavy atom. The van der Waals surface area contributed by atoms with E-state index in [1.165, 1.54) is 22.5 Å². The number of aromatic nitrogens is 1. The Labute approximate surface area is 172 Å². The largest absolute Gasteiger partial charge is 0.420 e. The number of nitrogens with one attached hydrogen (secondary N) is 1. The molecule has 0 atom stereocenters. The number of anilines is 1. The van der Waals surface area contributed by atoms with Crippen LogP contribution in [0.2, 0.25) is 5.02 Å². The molecule has 1 amide bonds. The lowest BCUT2D eigenvalue weighted by Crippen LogP contribution is -2.30. The summed E-state index contributed by atoms with van der Waals surface area (Å²) in [6.07, 6.45) is 0. The van der Waals surface area contributed by atoms with Gasteiger partial charge in [-0.3, -0.25) is 9.36 Å². The summed E-state index contributed by atoms with van der Waals surface area (Å²) in [6, 6.07) is 10.8. The Balaban J connectivity index is 1.90. The van der Waals surface area contributed by atoms with Crippen molar-refractivity contribution >= 4 is 44.3 Å². The number of sulfonamides is 1. The average molecular weight is 438 g/mol. The molecule has 8 nitrogen and oxygen atoms in total. The molecular formula is C19H20ClN3O5S. The predicted molar refractivity (Wildman–Crippen MR) is 111 cm³/mol. The monoisotopic (exact) mass is 437 g/mol. The first kappa shape index (κ1) is 21.1. The third-order valence-electron chi connectivity index (χ3n) is 4.39. The highest BCUT2D eigenvalue weighted by atomic mass is 35.5. The number of carbonyl (C=O) groups excluding carboxylic acids is 1. The van der Waals surface area contributed by atoms with Crippen LogP contribution in [0.4, 0.5) is 5.69 Å². The van der Waals surface area contributed by atoms with Crippen molar-refractivity contribution in [2.45, 2.75) is 25.3 Å². The molecule has 3 aromatic rings. The highest BCUT2D eigenvalue weighted by molar-refractivity contribution is 7.89. The Morgan fingerprint density at radius 2 is 1.90 bits per heavy atom. The number of amides is 1. The van der Waals surface area contributed by atoms with Gasteiger partial charge in [-0.1, -0.05) is 31.5 Å². The SMILES string of the molecule is CCN(CC)S(=O)(=O)c1ccc2c(c1)oc(=O)n2CC(=O)Nc1cccc(Cl)c1. The van der Waals surface area contributed by atoms with Crippen LogP contribution < -0.4 is 11.1 Å². The standard InChI is InChI=1S/C19H20ClN3O5S/c1-3-22(4-2)29(26,27)15-8-9-16-17(11-15)28-19(25)23(16)12-18(24)21-14-7-5-6-13(20)10-14/h5-11H,3-4,12H2,1-2H3,(H,21,24). The third-order valence-corrected chi connectivity index (χ3v) is 6.67. The zero-order valence-corrected chi connectivity index (χ0v) is 17.5. The Kier molecular flexibility index (Phi) is 6.11. The quantitative estimate of drug-likeness (QED) is 0.612. The van der Waals surface area contributed by atoms with Gasteiger partial charge in [-0.25, -0.2) is 13.2 Å². The molecule has 0 aliphatic rings. The molecule has 1 heterocycles. The molecule has 0 unspecified atom stereocenters. The first-order valence-corrected chi connectivity index (χ1v) is 10.8. The number of benzene rings is 2. The zero-order chi connectivity index (χ0) is 21.2. The van der Waals surface area contributed by atoms with E-state index >= 15 is 0 Å². The van der Waals surface area contributed by atoms with Crippen molar-refractivity contribution in [1.29, 1.82) is 0 Å². The van der Waals surface area contributed by atoms with Crippen LogP contribution in [0.1, 0.15) is 13.8 Å². The van der Waals surface area contributed by atoms with Crippen molar-refractivity contribution < 1.29 is 17.6 Å². The average Bonchev–Trinajstić information content (AvgIpc) is 2.97. The summed E-state index contributed by atoms with van der Waals surface area (Å²) in [4.78, 5) is 24.6. The highest BCUT2D eigenvalue weighted by Crippen LogP contribution is 2.22. The predicted octanol–water partition coefficient (Wildman–Crippen LogP) is 2.92. The van der Waals surface area contributed by atoms with Crippen LogP contribution in [0.25, 0.3) is 11.1 Å². The topological polar surface area (TPSA) is 102 Å². The van der Waals surface area contributed by atoms with Crippen LogP contribution in [0.15, 0.2) is 56.6 Å². The number of nitrogens with zero attached hydrogens (tertiary/aromatic N) is 2. The summed E-state index contributed by atoms with van der Waals surface area (Å²) >= 11 is 5.90. The fourth-order valence-electron chi connectivity index (χ4n) is 2.98. The molecule has 0 aliphatic carbocycles. The minimum atomic E-state index is -3.69. The molecule has 0 saturated carbocycles. The molecule has 3 rings (SSSR count). The molecule has 0 radical (unpaired) electrons. The molecule has 0 bridgehead atoms. The second kappa shape index (κ2) is 8.40. The smallest absolute Gasteiger partial charge is 0.408 e. The Morgan fingerprint density at radius 1 is 1.17 bits per heavy atom. The van der Waals surface area contributed by atoms with Gasteiger partial charge in [-0.05, 0) is 30.3 Å². The zero-order valence-electron chi connectivity index (χ0n) is 15.9. The van der Waals surface area contributed by atoms with Gasteiger partial charge >= 0.3 is 5.76 Å². The minimum absolute atomic E-state index is 0.0259. The number of rotatable bonds is 7. The molecule has 0 fully saturated rings. The number of carbonyl (C=O) groups is 1. The summed E-state index contributed by atoms with van der Waals surface area (Å²) in [7, 11) is -3.69. The van der Waals surface area contributed by atoms with Crippen LogP contribution in [0, 0.1) is 0 Å². The van der Waals surface area contributed by atoms with E-state index in [1.807, 2.05) is 0 Å². The normalized spacial score (nSPS) is 11.9. The van der Waals surface area contributed by atoms with E-state index in [-0.39, 0.29) is 17.0 Å². The van der Waals surface area contributed by atoms with Crippen LogP contribution in [-0.2, 0) is 21.4 Å². The number of fused-ring (bicyclic) bond motifs is 1. The highest BCUT2D eigenvalue weighted by Gasteiger charge is 2.23. The molecule has 29 heavy (non-hydrogen) atoms. The van der Waals surface area contributed by atoms with E-state index in [1.54, 1.807) is 38.1 Å². The maximum Gasteiger partial charge on any atom is 0.420 e. The second-order valence-electron chi connectivity index (χ2n) is 6.23. The first-order valence-electron chi connectivity index (χ1n) is 8.95. The summed E-state index contributed by atoms with van der Waals surface area (Å²) in [5.41, 5.74) is 0.921. The van der Waals surface area contributed by atoms with Crippen LogP contribution >= 0.6 is 11.6 Å². The van der Waals surface area contributed by atoms with E-state index in [9.17, 15) is 18.0 Å². The van der Waals surface area contributed by atoms with Crippen LogP contribution in [0.5, 0.6) is 0 Å². The van der Waals surface area contributed by atoms with Crippen LogP contribution in [-0.4, -0.2) is 36.3 Å². The molecule has 154 valence electrons. The molecule has 10 heteroatoms. The molecule has 0 spiro atoms. The number of hydrogen-bond donors (Lipinski definition) is 1. The van der Waals surface area contributed by atoms with Gasteiger partial charge in [0.2, 0.25) is 15.9 Å². The van der Waals surface area contributed by atoms with E-state index in [0.717, 1.165) is 4.57 Å². The van der Waals surface area contributed by atoms with E-state index < -0.39 is 21.7 Å². The lowest BCUT2D eigenvalue weighted by molar-refractivity contribution is -0.116. The van der Waals surface area contributed by atoms with Crippen molar-refractivity contribution in [2.24, 2.45) is 0 Å². The van der Waals surface area contributed by atoms with Gasteiger partial charge in [-0.2, -0.15) is 4.31 Å². The number of halogens is 1. The van der Waals surface area contributed by atoms with Crippen molar-refractivity contribution in [2.75, 3.05) is 18.4 Å². The lowest BCUT2D eigenvalue weighted by atomic mass is 10.3. The van der Waals surface area contributed by atoms with Crippen molar-refractivity contribution in [3.63, 3.8) is 0 Å². The first-order chi connectivity index (χ1) is 13.8. The van der Waals surface area contributed by atoms with Crippen molar-refractivity contribution in [3.05, 3.63) is 58.0 Å². The Bertz CT molecular complexity index is 1210. The summed E-state index contributed by atoms with van der Waals surface area (Å²) in [5.74, 6) is -1.20.